The summed E-state index contributed by atoms with van der Waals surface area (Å²) < 4.78 is 25.1. The lowest BCUT2D eigenvalue weighted by molar-refractivity contribution is -0.225. The SMILES string of the molecule is C[C@@H]1[C@@H](O[Si](c2ccccc2)(c2ccccc2)C(C)(C)C)CC2C1(CC1OCCO1)CC(O)C1(O)C(=O)OCC21C. The average Bonchev–Trinajstić information content (AvgIpc) is 3.62. The first-order chi connectivity index (χ1) is 19.4. The molecule has 0 bridgehead atoms. The molecule has 2 saturated heterocycles. The fraction of sp³-hybridized carbons (Fsp3) is 0.606. The fourth-order valence-corrected chi connectivity index (χ4v) is 13.7. The van der Waals surface area contributed by atoms with E-state index >= 15 is 0 Å². The van der Waals surface area contributed by atoms with Crippen molar-refractivity contribution in [3.63, 3.8) is 0 Å². The second kappa shape index (κ2) is 10.00. The first-order valence-electron chi connectivity index (χ1n) is 15.0. The smallest absolute Gasteiger partial charge is 0.341 e. The zero-order valence-electron chi connectivity index (χ0n) is 24.8. The summed E-state index contributed by atoms with van der Waals surface area (Å²) in [6, 6.07) is 21.2. The molecular weight excluding hydrogens is 536 g/mol. The Morgan fingerprint density at radius 1 is 1.00 bits per heavy atom. The van der Waals surface area contributed by atoms with Crippen LogP contribution >= 0.6 is 0 Å². The molecule has 2 heterocycles. The predicted octanol–water partition coefficient (Wildman–Crippen LogP) is 3.40. The largest absolute Gasteiger partial charge is 0.463 e. The number of ether oxygens (including phenoxy) is 3. The topological polar surface area (TPSA) is 94.5 Å². The van der Waals surface area contributed by atoms with Crippen LogP contribution in [0.15, 0.2) is 60.7 Å². The number of aliphatic hydroxyl groups is 2. The Bertz CT molecular complexity index is 1220. The van der Waals surface area contributed by atoms with Crippen molar-refractivity contribution in [1.29, 1.82) is 0 Å². The zero-order chi connectivity index (χ0) is 29.3. The van der Waals surface area contributed by atoms with Gasteiger partial charge in [-0.05, 0) is 45.5 Å². The van der Waals surface area contributed by atoms with Crippen LogP contribution < -0.4 is 10.4 Å². The molecule has 2 aromatic rings. The maximum atomic E-state index is 13.0. The van der Waals surface area contributed by atoms with Gasteiger partial charge in [-0.1, -0.05) is 95.3 Å². The van der Waals surface area contributed by atoms with E-state index in [4.69, 9.17) is 18.6 Å². The van der Waals surface area contributed by atoms with Crippen LogP contribution in [-0.2, 0) is 23.4 Å². The van der Waals surface area contributed by atoms with Crippen molar-refractivity contribution >= 4 is 24.7 Å². The molecule has 222 valence electrons. The van der Waals surface area contributed by atoms with Gasteiger partial charge in [0.2, 0.25) is 0 Å². The molecule has 7 atom stereocenters. The average molecular weight is 581 g/mol. The number of hydrogen-bond acceptors (Lipinski definition) is 7. The molecule has 2 N–H and O–H groups in total. The van der Waals surface area contributed by atoms with Crippen LogP contribution in [0.3, 0.4) is 0 Å². The monoisotopic (exact) mass is 580 g/mol. The molecule has 41 heavy (non-hydrogen) atoms. The van der Waals surface area contributed by atoms with E-state index in [0.717, 1.165) is 0 Å². The van der Waals surface area contributed by atoms with Gasteiger partial charge in [-0.3, -0.25) is 0 Å². The summed E-state index contributed by atoms with van der Waals surface area (Å²) in [5, 5.41) is 25.5. The summed E-state index contributed by atoms with van der Waals surface area (Å²) in [4.78, 5) is 13.0. The molecule has 0 spiro atoms. The third kappa shape index (κ3) is 4.05. The van der Waals surface area contributed by atoms with Gasteiger partial charge in [-0.2, -0.15) is 0 Å². The van der Waals surface area contributed by atoms with Gasteiger partial charge in [0.05, 0.1) is 19.3 Å². The van der Waals surface area contributed by atoms with Gasteiger partial charge in [0.1, 0.15) is 6.61 Å². The number of benzene rings is 2. The number of fused-ring (bicyclic) bond motifs is 3. The molecule has 6 rings (SSSR count). The molecule has 2 aliphatic carbocycles. The Hall–Kier alpha value is -2.07. The molecule has 0 aromatic heterocycles. The van der Waals surface area contributed by atoms with Crippen molar-refractivity contribution in [2.45, 2.75) is 83.0 Å². The van der Waals surface area contributed by atoms with Gasteiger partial charge >= 0.3 is 5.97 Å². The number of carbonyl (C=O) groups is 1. The third-order valence-electron chi connectivity index (χ3n) is 11.1. The Morgan fingerprint density at radius 3 is 2.10 bits per heavy atom. The van der Waals surface area contributed by atoms with Crippen molar-refractivity contribution < 1.29 is 33.6 Å². The second-order valence-corrected chi connectivity index (χ2v) is 18.2. The van der Waals surface area contributed by atoms with Crippen LogP contribution in [0.25, 0.3) is 0 Å². The van der Waals surface area contributed by atoms with Crippen LogP contribution in [0.1, 0.15) is 53.9 Å². The molecule has 4 aliphatic rings. The quantitative estimate of drug-likeness (QED) is 0.400. The molecular formula is C33H44O7Si. The Balaban J connectivity index is 1.49. The molecule has 2 saturated carbocycles. The van der Waals surface area contributed by atoms with Gasteiger partial charge in [-0.15, -0.1) is 0 Å². The Kier molecular flexibility index (Phi) is 7.08. The van der Waals surface area contributed by atoms with E-state index in [1.54, 1.807) is 0 Å². The van der Waals surface area contributed by atoms with E-state index in [2.05, 4.69) is 76.2 Å². The number of hydrogen-bond donors (Lipinski definition) is 2. The third-order valence-corrected chi connectivity index (χ3v) is 16.2. The lowest BCUT2D eigenvalue weighted by Gasteiger charge is -2.56. The van der Waals surface area contributed by atoms with Crippen LogP contribution in [0.5, 0.6) is 0 Å². The highest BCUT2D eigenvalue weighted by molar-refractivity contribution is 6.99. The van der Waals surface area contributed by atoms with E-state index in [1.807, 2.05) is 19.1 Å². The number of carbonyl (C=O) groups excluding carboxylic acids is 1. The van der Waals surface area contributed by atoms with E-state index < -0.39 is 43.1 Å². The van der Waals surface area contributed by atoms with Gasteiger partial charge in [0, 0.05) is 17.9 Å². The summed E-state index contributed by atoms with van der Waals surface area (Å²) in [5.41, 5.74) is -3.41. The van der Waals surface area contributed by atoms with Gasteiger partial charge in [0.15, 0.2) is 11.9 Å². The summed E-state index contributed by atoms with van der Waals surface area (Å²) >= 11 is 0. The first-order valence-corrected chi connectivity index (χ1v) is 16.9. The van der Waals surface area contributed by atoms with Gasteiger partial charge in [0.25, 0.3) is 8.32 Å². The maximum absolute atomic E-state index is 13.0. The first kappa shape index (κ1) is 29.0. The standard InChI is InChI=1S/C33H44O7Si/c1-22-25(40-41(30(2,3)4,23-12-8-6-9-13-23)24-14-10-7-11-15-24)18-26-31(5)21-39-29(35)33(31,36)27(34)19-32(22,26)20-28-37-16-17-38-28/h6-15,22,25-28,34,36H,16-21H2,1-5H3/t22-,25+,26?,27?,31?,32?,33?/m1/s1. The zero-order valence-corrected chi connectivity index (χ0v) is 25.8. The van der Waals surface area contributed by atoms with E-state index in [9.17, 15) is 15.0 Å². The minimum atomic E-state index is -2.89. The number of esters is 1. The molecule has 7 nitrogen and oxygen atoms in total. The van der Waals surface area contributed by atoms with Crippen LogP contribution in [0.4, 0.5) is 0 Å². The van der Waals surface area contributed by atoms with Gasteiger partial charge in [-0.25, -0.2) is 4.79 Å². The number of cyclic esters (lactones) is 1. The minimum Gasteiger partial charge on any atom is -0.463 e. The molecule has 5 unspecified atom stereocenters. The van der Waals surface area contributed by atoms with Crippen molar-refractivity contribution in [2.75, 3.05) is 19.8 Å². The van der Waals surface area contributed by atoms with Crippen LogP contribution in [0.2, 0.25) is 5.04 Å². The summed E-state index contributed by atoms with van der Waals surface area (Å²) in [5.74, 6) is -0.881. The maximum Gasteiger partial charge on any atom is 0.341 e. The van der Waals surface area contributed by atoms with Gasteiger partial charge < -0.3 is 28.8 Å². The minimum absolute atomic E-state index is 0.00586. The van der Waals surface area contributed by atoms with Crippen LogP contribution in [-0.4, -0.2) is 68.4 Å². The second-order valence-electron chi connectivity index (χ2n) is 14.0. The highest BCUT2D eigenvalue weighted by atomic mass is 28.4. The van der Waals surface area contributed by atoms with E-state index in [0.29, 0.717) is 26.1 Å². The lowest BCUT2D eigenvalue weighted by atomic mass is 9.48. The molecule has 2 aliphatic heterocycles. The number of rotatable bonds is 6. The summed E-state index contributed by atoms with van der Waals surface area (Å²) in [6.45, 7) is 12.1. The van der Waals surface area contributed by atoms with Crippen molar-refractivity contribution in [3.8, 4) is 0 Å². The molecule has 4 fully saturated rings. The molecule has 8 heteroatoms. The fourth-order valence-electron chi connectivity index (χ4n) is 8.96. The molecule has 0 amide bonds. The highest BCUT2D eigenvalue weighted by Crippen LogP contribution is 2.69. The predicted molar refractivity (Wildman–Crippen MR) is 157 cm³/mol. The Labute approximate surface area is 244 Å². The molecule has 2 aromatic carbocycles. The van der Waals surface area contributed by atoms with E-state index in [1.165, 1.54) is 10.4 Å². The van der Waals surface area contributed by atoms with Crippen molar-refractivity contribution in [2.24, 2.45) is 22.7 Å². The highest BCUT2D eigenvalue weighted by Gasteiger charge is 2.76. The molecule has 0 radical (unpaired) electrons. The summed E-state index contributed by atoms with van der Waals surface area (Å²) in [6.07, 6.45) is -0.378. The van der Waals surface area contributed by atoms with E-state index in [-0.39, 0.29) is 36.0 Å². The number of aliphatic hydroxyl groups excluding tert-OH is 1. The summed E-state index contributed by atoms with van der Waals surface area (Å²) in [7, 11) is -2.89. The Morgan fingerprint density at radius 2 is 1.56 bits per heavy atom. The van der Waals surface area contributed by atoms with Crippen molar-refractivity contribution in [1.82, 2.24) is 0 Å². The lowest BCUT2D eigenvalue weighted by Crippen LogP contribution is -2.68. The van der Waals surface area contributed by atoms with Crippen LogP contribution in [0, 0.1) is 22.7 Å². The van der Waals surface area contributed by atoms with Crippen molar-refractivity contribution in [3.05, 3.63) is 60.7 Å². The normalized spacial score (nSPS) is 37.6.